The Bertz CT molecular complexity index is 879. The highest BCUT2D eigenvalue weighted by Crippen LogP contribution is 2.29. The van der Waals surface area contributed by atoms with Crippen LogP contribution in [0.4, 0.5) is 18.0 Å². The SMILES string of the molecule is CC(C)(C)OC(=O)N(CCCNC(=O)Cc1ccc(C(F)(F)F)cc1)Cc1cccnc1. The van der Waals surface area contributed by atoms with Gasteiger partial charge in [-0.3, -0.25) is 9.78 Å². The molecule has 0 spiro atoms. The first-order valence-electron chi connectivity index (χ1n) is 10.2. The van der Waals surface area contributed by atoms with Crippen LogP contribution >= 0.6 is 0 Å². The van der Waals surface area contributed by atoms with E-state index in [1.807, 2.05) is 6.07 Å². The number of hydrogen-bond donors (Lipinski definition) is 1. The Morgan fingerprint density at radius 2 is 1.75 bits per heavy atom. The van der Waals surface area contributed by atoms with Gasteiger partial charge in [0.25, 0.3) is 0 Å². The lowest BCUT2D eigenvalue weighted by molar-refractivity contribution is -0.137. The average Bonchev–Trinajstić information content (AvgIpc) is 2.69. The van der Waals surface area contributed by atoms with Gasteiger partial charge in [0, 0.05) is 25.5 Å². The third kappa shape index (κ3) is 8.95. The molecule has 2 amide bonds. The molecular weight excluding hydrogens is 423 g/mol. The summed E-state index contributed by atoms with van der Waals surface area (Å²) >= 11 is 0. The minimum Gasteiger partial charge on any atom is -0.444 e. The summed E-state index contributed by atoms with van der Waals surface area (Å²) in [5.74, 6) is -0.305. The molecule has 0 fully saturated rings. The summed E-state index contributed by atoms with van der Waals surface area (Å²) in [4.78, 5) is 30.2. The normalized spacial score (nSPS) is 11.7. The van der Waals surface area contributed by atoms with Gasteiger partial charge >= 0.3 is 12.3 Å². The van der Waals surface area contributed by atoms with Crippen LogP contribution in [0.3, 0.4) is 0 Å². The molecular formula is C23H28F3N3O3. The number of nitrogens with one attached hydrogen (secondary N) is 1. The fourth-order valence-electron chi connectivity index (χ4n) is 2.83. The van der Waals surface area contributed by atoms with E-state index in [0.29, 0.717) is 31.6 Å². The molecule has 6 nitrogen and oxygen atoms in total. The lowest BCUT2D eigenvalue weighted by Gasteiger charge is -2.27. The molecule has 2 aromatic rings. The van der Waals surface area contributed by atoms with Crippen molar-refractivity contribution in [3.8, 4) is 0 Å². The zero-order chi connectivity index (χ0) is 23.8. The molecule has 0 aliphatic heterocycles. The Balaban J connectivity index is 1.84. The van der Waals surface area contributed by atoms with Crippen LogP contribution in [0, 0.1) is 0 Å². The van der Waals surface area contributed by atoms with Crippen LogP contribution in [0.5, 0.6) is 0 Å². The Hall–Kier alpha value is -3.10. The number of alkyl halides is 3. The lowest BCUT2D eigenvalue weighted by Crippen LogP contribution is -2.38. The van der Waals surface area contributed by atoms with Gasteiger partial charge < -0.3 is 15.0 Å². The third-order valence-corrected chi connectivity index (χ3v) is 4.32. The zero-order valence-electron chi connectivity index (χ0n) is 18.4. The van der Waals surface area contributed by atoms with Crippen molar-refractivity contribution in [1.82, 2.24) is 15.2 Å². The average molecular weight is 451 g/mol. The summed E-state index contributed by atoms with van der Waals surface area (Å²) in [6.07, 6.45) is -1.09. The highest BCUT2D eigenvalue weighted by molar-refractivity contribution is 5.78. The Morgan fingerprint density at radius 1 is 1.06 bits per heavy atom. The molecule has 1 heterocycles. The number of amides is 2. The molecule has 0 atom stereocenters. The maximum Gasteiger partial charge on any atom is 0.416 e. The number of rotatable bonds is 8. The van der Waals surface area contributed by atoms with Crippen LogP contribution in [0.2, 0.25) is 0 Å². The highest BCUT2D eigenvalue weighted by atomic mass is 19.4. The molecule has 0 radical (unpaired) electrons. The van der Waals surface area contributed by atoms with Crippen molar-refractivity contribution in [3.05, 3.63) is 65.5 Å². The van der Waals surface area contributed by atoms with Crippen molar-refractivity contribution in [1.29, 1.82) is 0 Å². The number of benzene rings is 1. The third-order valence-electron chi connectivity index (χ3n) is 4.32. The minimum absolute atomic E-state index is 0.0242. The Morgan fingerprint density at radius 3 is 2.31 bits per heavy atom. The topological polar surface area (TPSA) is 71.5 Å². The molecule has 32 heavy (non-hydrogen) atoms. The molecule has 1 N–H and O–H groups in total. The van der Waals surface area contributed by atoms with Crippen molar-refractivity contribution in [3.63, 3.8) is 0 Å². The largest absolute Gasteiger partial charge is 0.444 e. The molecule has 174 valence electrons. The summed E-state index contributed by atoms with van der Waals surface area (Å²) in [6, 6.07) is 8.14. The van der Waals surface area contributed by atoms with E-state index in [1.54, 1.807) is 44.1 Å². The van der Waals surface area contributed by atoms with Gasteiger partial charge in [0.15, 0.2) is 0 Å². The highest BCUT2D eigenvalue weighted by Gasteiger charge is 2.30. The second-order valence-electron chi connectivity index (χ2n) is 8.34. The molecule has 0 aliphatic rings. The van der Waals surface area contributed by atoms with E-state index < -0.39 is 23.4 Å². The van der Waals surface area contributed by atoms with Crippen molar-refractivity contribution < 1.29 is 27.5 Å². The maximum atomic E-state index is 12.6. The van der Waals surface area contributed by atoms with E-state index in [1.165, 1.54) is 12.1 Å². The van der Waals surface area contributed by atoms with Gasteiger partial charge in [-0.15, -0.1) is 0 Å². The number of carbonyl (C=O) groups excluding carboxylic acids is 2. The zero-order valence-corrected chi connectivity index (χ0v) is 18.4. The molecule has 0 aliphatic carbocycles. The first-order valence-corrected chi connectivity index (χ1v) is 10.2. The molecule has 0 saturated heterocycles. The van der Waals surface area contributed by atoms with Gasteiger partial charge in [0.1, 0.15) is 5.60 Å². The summed E-state index contributed by atoms with van der Waals surface area (Å²) in [6.45, 7) is 6.34. The Kier molecular flexibility index (Phi) is 8.63. The number of carbonyl (C=O) groups is 2. The number of halogens is 3. The monoisotopic (exact) mass is 451 g/mol. The summed E-state index contributed by atoms with van der Waals surface area (Å²) in [7, 11) is 0. The second kappa shape index (κ2) is 11.0. The van der Waals surface area contributed by atoms with Crippen LogP contribution < -0.4 is 5.32 Å². The van der Waals surface area contributed by atoms with Crippen molar-refractivity contribution in [2.24, 2.45) is 0 Å². The number of hydrogen-bond acceptors (Lipinski definition) is 4. The molecule has 1 aromatic carbocycles. The lowest BCUT2D eigenvalue weighted by atomic mass is 10.1. The van der Waals surface area contributed by atoms with Crippen LogP contribution in [-0.2, 0) is 28.7 Å². The van der Waals surface area contributed by atoms with Crippen LogP contribution in [0.1, 0.15) is 43.9 Å². The molecule has 9 heteroatoms. The van der Waals surface area contributed by atoms with E-state index >= 15 is 0 Å². The van der Waals surface area contributed by atoms with Gasteiger partial charge in [-0.1, -0.05) is 18.2 Å². The number of pyridine rings is 1. The maximum absolute atomic E-state index is 12.6. The molecule has 1 aromatic heterocycles. The quantitative estimate of drug-likeness (QED) is 0.596. The standard InChI is InChI=1S/C23H28F3N3O3/c1-22(2,3)32-21(31)29(16-18-6-4-11-27-15-18)13-5-12-28-20(30)14-17-7-9-19(10-8-17)23(24,25)26/h4,6-11,15H,5,12-14,16H2,1-3H3,(H,28,30). The minimum atomic E-state index is -4.41. The van der Waals surface area contributed by atoms with Crippen molar-refractivity contribution >= 4 is 12.0 Å². The smallest absolute Gasteiger partial charge is 0.416 e. The second-order valence-corrected chi connectivity index (χ2v) is 8.34. The molecule has 0 saturated carbocycles. The number of aromatic nitrogens is 1. The van der Waals surface area contributed by atoms with Crippen LogP contribution in [-0.4, -0.2) is 40.6 Å². The van der Waals surface area contributed by atoms with Crippen LogP contribution in [0.25, 0.3) is 0 Å². The van der Waals surface area contributed by atoms with Gasteiger partial charge in [0.05, 0.1) is 18.5 Å². The molecule has 0 bridgehead atoms. The molecule has 2 rings (SSSR count). The first-order chi connectivity index (χ1) is 14.9. The fourth-order valence-corrected chi connectivity index (χ4v) is 2.83. The van der Waals surface area contributed by atoms with E-state index in [2.05, 4.69) is 10.3 Å². The fraction of sp³-hybridized carbons (Fsp3) is 0.435. The summed E-state index contributed by atoms with van der Waals surface area (Å²) in [5, 5.41) is 2.73. The van der Waals surface area contributed by atoms with Crippen molar-refractivity contribution in [2.45, 2.75) is 51.9 Å². The predicted octanol–water partition coefficient (Wildman–Crippen LogP) is 4.59. The van der Waals surface area contributed by atoms with Gasteiger partial charge in [-0.05, 0) is 56.5 Å². The van der Waals surface area contributed by atoms with Gasteiger partial charge in [0.2, 0.25) is 5.91 Å². The first kappa shape index (κ1) is 25.2. The van der Waals surface area contributed by atoms with Crippen molar-refractivity contribution in [2.75, 3.05) is 13.1 Å². The Labute approximate surface area is 185 Å². The van der Waals surface area contributed by atoms with E-state index in [9.17, 15) is 22.8 Å². The number of nitrogens with zero attached hydrogens (tertiary/aromatic N) is 2. The molecule has 0 unspecified atom stereocenters. The summed E-state index contributed by atoms with van der Waals surface area (Å²) in [5.41, 5.74) is -0.0511. The van der Waals surface area contributed by atoms with Gasteiger partial charge in [-0.25, -0.2) is 4.79 Å². The number of ether oxygens (including phenoxy) is 1. The van der Waals surface area contributed by atoms with Gasteiger partial charge in [-0.2, -0.15) is 13.2 Å². The van der Waals surface area contributed by atoms with E-state index in [0.717, 1.165) is 17.7 Å². The van der Waals surface area contributed by atoms with E-state index in [4.69, 9.17) is 4.74 Å². The predicted molar refractivity (Wildman–Crippen MR) is 114 cm³/mol. The van der Waals surface area contributed by atoms with Crippen LogP contribution in [0.15, 0.2) is 48.8 Å². The summed E-state index contributed by atoms with van der Waals surface area (Å²) < 4.78 is 43.3. The van der Waals surface area contributed by atoms with E-state index in [-0.39, 0.29) is 12.3 Å².